The van der Waals surface area contributed by atoms with Gasteiger partial charge < -0.3 is 10.2 Å². The zero-order chi connectivity index (χ0) is 19.7. The minimum atomic E-state index is -0.677. The summed E-state index contributed by atoms with van der Waals surface area (Å²) in [6, 6.07) is 0. The third kappa shape index (κ3) is 19.3. The average Bonchev–Trinajstić information content (AvgIpc) is 2.55. The second kappa shape index (κ2) is 16.1. The quantitative estimate of drug-likeness (QED) is 0.245. The third-order valence-corrected chi connectivity index (χ3v) is 5.24. The lowest BCUT2D eigenvalue weighted by Crippen LogP contribution is -2.11. The van der Waals surface area contributed by atoms with Crippen LogP contribution in [0.3, 0.4) is 0 Å². The van der Waals surface area contributed by atoms with Gasteiger partial charge in [0.25, 0.3) is 0 Å². The Labute approximate surface area is 160 Å². The van der Waals surface area contributed by atoms with Gasteiger partial charge in [-0.2, -0.15) is 0 Å². The smallest absolute Gasteiger partial charge is 0.303 e. The number of aliphatic carboxylic acids is 2. The highest BCUT2D eigenvalue weighted by molar-refractivity contribution is 5.66. The summed E-state index contributed by atoms with van der Waals surface area (Å²) in [5, 5.41) is 17.2. The van der Waals surface area contributed by atoms with E-state index >= 15 is 0 Å². The molecule has 0 aromatic rings. The maximum atomic E-state index is 10.5. The highest BCUT2D eigenvalue weighted by Crippen LogP contribution is 2.30. The van der Waals surface area contributed by atoms with Crippen molar-refractivity contribution in [1.29, 1.82) is 0 Å². The van der Waals surface area contributed by atoms with E-state index in [0.29, 0.717) is 18.3 Å². The summed E-state index contributed by atoms with van der Waals surface area (Å²) in [7, 11) is 0. The zero-order valence-corrected chi connectivity index (χ0v) is 17.2. The molecule has 2 N–H and O–H groups in total. The normalized spacial score (nSPS) is 11.6. The van der Waals surface area contributed by atoms with Crippen LogP contribution in [0.5, 0.6) is 0 Å². The molecule has 0 amide bonds. The van der Waals surface area contributed by atoms with Crippen LogP contribution in [-0.4, -0.2) is 22.2 Å². The summed E-state index contributed by atoms with van der Waals surface area (Å²) in [5.74, 6) is -1.35. The van der Waals surface area contributed by atoms with Gasteiger partial charge in [0, 0.05) is 12.8 Å². The molecule has 4 nitrogen and oxygen atoms in total. The lowest BCUT2D eigenvalue weighted by Gasteiger charge is -2.24. The lowest BCUT2D eigenvalue weighted by atomic mass is 9.82. The van der Waals surface area contributed by atoms with Crippen LogP contribution >= 0.6 is 0 Å². The van der Waals surface area contributed by atoms with Gasteiger partial charge in [-0.1, -0.05) is 84.5 Å². The van der Waals surface area contributed by atoms with Gasteiger partial charge in [-0.3, -0.25) is 9.59 Å². The van der Waals surface area contributed by atoms with E-state index in [9.17, 15) is 9.59 Å². The van der Waals surface area contributed by atoms with Gasteiger partial charge in [0.1, 0.15) is 0 Å². The summed E-state index contributed by atoms with van der Waals surface area (Å²) < 4.78 is 0. The zero-order valence-electron chi connectivity index (χ0n) is 17.2. The second-order valence-corrected chi connectivity index (χ2v) is 8.55. The van der Waals surface area contributed by atoms with Gasteiger partial charge in [0.2, 0.25) is 0 Å². The van der Waals surface area contributed by atoms with Crippen molar-refractivity contribution in [2.75, 3.05) is 0 Å². The summed E-state index contributed by atoms with van der Waals surface area (Å²) in [4.78, 5) is 20.9. The number of unbranched alkanes of at least 4 members (excludes halogenated alkanes) is 11. The molecule has 0 atom stereocenters. The van der Waals surface area contributed by atoms with Crippen LogP contribution in [0.25, 0.3) is 0 Å². The molecule has 0 heterocycles. The van der Waals surface area contributed by atoms with Crippen molar-refractivity contribution in [2.45, 2.75) is 123 Å². The molecule has 0 fully saturated rings. The number of carbonyl (C=O) groups is 2. The number of carboxylic acid groups (broad SMARTS) is 2. The van der Waals surface area contributed by atoms with E-state index in [1.165, 1.54) is 64.2 Å². The van der Waals surface area contributed by atoms with Gasteiger partial charge in [-0.25, -0.2) is 0 Å². The molecule has 0 spiro atoms. The fourth-order valence-electron chi connectivity index (χ4n) is 3.48. The fraction of sp³-hybridized carbons (Fsp3) is 0.909. The summed E-state index contributed by atoms with van der Waals surface area (Å²) in [5.41, 5.74) is 0.414. The van der Waals surface area contributed by atoms with Crippen LogP contribution in [0.4, 0.5) is 0 Å². The van der Waals surface area contributed by atoms with Crippen molar-refractivity contribution in [3.63, 3.8) is 0 Å². The van der Waals surface area contributed by atoms with Crippen LogP contribution in [0.1, 0.15) is 123 Å². The van der Waals surface area contributed by atoms with E-state index in [0.717, 1.165) is 32.1 Å². The molecular formula is C22H42O4. The van der Waals surface area contributed by atoms with E-state index in [1.807, 2.05) is 0 Å². The fourth-order valence-corrected chi connectivity index (χ4v) is 3.48. The molecule has 0 saturated carbocycles. The Bertz CT molecular complexity index is 363. The number of hydrogen-bond acceptors (Lipinski definition) is 2. The van der Waals surface area contributed by atoms with Gasteiger partial charge >= 0.3 is 11.9 Å². The number of rotatable bonds is 19. The first-order valence-corrected chi connectivity index (χ1v) is 10.8. The second-order valence-electron chi connectivity index (χ2n) is 8.55. The Kier molecular flexibility index (Phi) is 15.5. The Morgan fingerprint density at radius 3 is 1.12 bits per heavy atom. The molecule has 0 aliphatic rings. The Morgan fingerprint density at radius 1 is 0.538 bits per heavy atom. The van der Waals surface area contributed by atoms with Crippen LogP contribution in [0, 0.1) is 5.41 Å². The van der Waals surface area contributed by atoms with Crippen molar-refractivity contribution in [3.05, 3.63) is 0 Å². The molecule has 0 radical (unpaired) electrons. The molecule has 0 saturated heterocycles. The van der Waals surface area contributed by atoms with Crippen molar-refractivity contribution in [1.82, 2.24) is 0 Å². The summed E-state index contributed by atoms with van der Waals surface area (Å²) in [6.07, 6.45) is 18.2. The monoisotopic (exact) mass is 370 g/mol. The minimum absolute atomic E-state index is 0.311. The van der Waals surface area contributed by atoms with Crippen molar-refractivity contribution in [2.24, 2.45) is 5.41 Å². The molecule has 0 aliphatic carbocycles. The van der Waals surface area contributed by atoms with E-state index in [4.69, 9.17) is 10.2 Å². The molecule has 4 heteroatoms. The largest absolute Gasteiger partial charge is 0.481 e. The SMILES string of the molecule is CC(C)(CCCCCCCCCCCC(=O)O)CCCCCCC(=O)O. The molecular weight excluding hydrogens is 328 g/mol. The minimum Gasteiger partial charge on any atom is -0.481 e. The van der Waals surface area contributed by atoms with E-state index in [1.54, 1.807) is 0 Å². The van der Waals surface area contributed by atoms with Gasteiger partial charge in [0.15, 0.2) is 0 Å². The van der Waals surface area contributed by atoms with Crippen LogP contribution < -0.4 is 0 Å². The molecule has 0 aromatic carbocycles. The molecule has 0 aliphatic heterocycles. The first-order valence-electron chi connectivity index (χ1n) is 10.8. The van der Waals surface area contributed by atoms with Crippen molar-refractivity contribution >= 4 is 11.9 Å². The standard InChI is InChI=1S/C22H42O4/c1-22(2,19-15-11-9-13-17-21(25)26)18-14-10-7-5-3-4-6-8-12-16-20(23)24/h3-19H2,1-2H3,(H,23,24)(H,25,26). The molecule has 0 rings (SSSR count). The topological polar surface area (TPSA) is 74.6 Å². The van der Waals surface area contributed by atoms with E-state index < -0.39 is 11.9 Å². The van der Waals surface area contributed by atoms with E-state index in [-0.39, 0.29) is 0 Å². The summed E-state index contributed by atoms with van der Waals surface area (Å²) >= 11 is 0. The van der Waals surface area contributed by atoms with Crippen molar-refractivity contribution < 1.29 is 19.8 Å². The van der Waals surface area contributed by atoms with Crippen LogP contribution in [0.2, 0.25) is 0 Å². The summed E-state index contributed by atoms with van der Waals surface area (Å²) in [6.45, 7) is 4.72. The molecule has 154 valence electrons. The van der Waals surface area contributed by atoms with Gasteiger partial charge in [0.05, 0.1) is 0 Å². The maximum absolute atomic E-state index is 10.5. The highest BCUT2D eigenvalue weighted by atomic mass is 16.4. The lowest BCUT2D eigenvalue weighted by molar-refractivity contribution is -0.138. The molecule has 0 aromatic heterocycles. The van der Waals surface area contributed by atoms with Crippen molar-refractivity contribution in [3.8, 4) is 0 Å². The van der Waals surface area contributed by atoms with Gasteiger partial charge in [-0.05, 0) is 31.1 Å². The van der Waals surface area contributed by atoms with E-state index in [2.05, 4.69) is 13.8 Å². The van der Waals surface area contributed by atoms with Gasteiger partial charge in [-0.15, -0.1) is 0 Å². The Balaban J connectivity index is 3.36. The Hall–Kier alpha value is -1.06. The first kappa shape index (κ1) is 24.9. The Morgan fingerprint density at radius 2 is 0.808 bits per heavy atom. The average molecular weight is 371 g/mol. The molecule has 0 unspecified atom stereocenters. The predicted molar refractivity (Wildman–Crippen MR) is 108 cm³/mol. The third-order valence-electron chi connectivity index (χ3n) is 5.24. The van der Waals surface area contributed by atoms with Crippen LogP contribution in [0.15, 0.2) is 0 Å². The molecule has 0 bridgehead atoms. The maximum Gasteiger partial charge on any atom is 0.303 e. The predicted octanol–water partition coefficient (Wildman–Crippen LogP) is 6.81. The first-order chi connectivity index (χ1) is 12.3. The highest BCUT2D eigenvalue weighted by Gasteiger charge is 2.16. The molecule has 26 heavy (non-hydrogen) atoms. The number of hydrogen-bond donors (Lipinski definition) is 2. The van der Waals surface area contributed by atoms with Crippen LogP contribution in [-0.2, 0) is 9.59 Å². The number of carboxylic acids is 2.